The Kier molecular flexibility index (Phi) is 6.71. The van der Waals surface area contributed by atoms with Crippen molar-refractivity contribution in [2.24, 2.45) is 0 Å². The van der Waals surface area contributed by atoms with Gasteiger partial charge in [0.15, 0.2) is 6.10 Å². The molecule has 0 saturated carbocycles. The van der Waals surface area contributed by atoms with Crippen LogP contribution in [0.5, 0.6) is 0 Å². The second kappa shape index (κ2) is 8.99. The molecule has 0 aliphatic rings. The van der Waals surface area contributed by atoms with Crippen LogP contribution in [-0.4, -0.2) is 37.0 Å². The van der Waals surface area contributed by atoms with E-state index in [-0.39, 0.29) is 5.91 Å². The number of carbonyl (C=O) groups is 2. The number of carbonyl (C=O) groups excluding carboxylic acids is 2. The molecular formula is C20H23NO4. The molecule has 2 aromatic carbocycles. The fourth-order valence-electron chi connectivity index (χ4n) is 2.48. The van der Waals surface area contributed by atoms with Gasteiger partial charge in [0.05, 0.1) is 12.2 Å². The van der Waals surface area contributed by atoms with E-state index in [0.717, 1.165) is 11.1 Å². The first-order chi connectivity index (χ1) is 12.0. The van der Waals surface area contributed by atoms with Gasteiger partial charge in [-0.25, -0.2) is 4.79 Å². The Morgan fingerprint density at radius 1 is 1.04 bits per heavy atom. The molecular weight excluding hydrogens is 318 g/mol. The summed E-state index contributed by atoms with van der Waals surface area (Å²) in [6, 6.07) is 16.6. The molecule has 5 nitrogen and oxygen atoms in total. The van der Waals surface area contributed by atoms with Gasteiger partial charge in [-0.05, 0) is 30.2 Å². The van der Waals surface area contributed by atoms with Crippen molar-refractivity contribution in [3.63, 3.8) is 0 Å². The average molecular weight is 341 g/mol. The average Bonchev–Trinajstić information content (AvgIpc) is 2.62. The summed E-state index contributed by atoms with van der Waals surface area (Å²) in [6.07, 6.45) is -0.854. The van der Waals surface area contributed by atoms with E-state index in [1.54, 1.807) is 44.2 Å². The quantitative estimate of drug-likeness (QED) is 0.727. The highest BCUT2D eigenvalue weighted by atomic mass is 16.5. The first kappa shape index (κ1) is 18.7. The van der Waals surface area contributed by atoms with Crippen LogP contribution >= 0.6 is 0 Å². The lowest BCUT2D eigenvalue weighted by Crippen LogP contribution is -2.37. The molecule has 132 valence electrons. The van der Waals surface area contributed by atoms with E-state index < -0.39 is 12.1 Å². The van der Waals surface area contributed by atoms with Crippen LogP contribution in [0.4, 0.5) is 0 Å². The standard InChI is InChI=1S/C20H23NO4/c1-15(19(22)21(2)13-16-8-5-4-6-9-16)25-20(23)18-11-7-10-17(12-18)14-24-3/h4-12,15H,13-14H2,1-3H3. The molecule has 0 aromatic heterocycles. The monoisotopic (exact) mass is 341 g/mol. The molecule has 1 amide bonds. The van der Waals surface area contributed by atoms with Crippen LogP contribution in [0.15, 0.2) is 54.6 Å². The van der Waals surface area contributed by atoms with E-state index in [2.05, 4.69) is 0 Å². The number of esters is 1. The zero-order chi connectivity index (χ0) is 18.2. The van der Waals surface area contributed by atoms with Crippen LogP contribution in [0.3, 0.4) is 0 Å². The van der Waals surface area contributed by atoms with E-state index in [9.17, 15) is 9.59 Å². The number of methoxy groups -OCH3 is 1. The summed E-state index contributed by atoms with van der Waals surface area (Å²) >= 11 is 0. The van der Waals surface area contributed by atoms with Crippen LogP contribution < -0.4 is 0 Å². The summed E-state index contributed by atoms with van der Waals surface area (Å²) in [7, 11) is 3.28. The molecule has 0 radical (unpaired) electrons. The maximum atomic E-state index is 12.4. The normalized spacial score (nSPS) is 11.6. The largest absolute Gasteiger partial charge is 0.449 e. The maximum Gasteiger partial charge on any atom is 0.338 e. The summed E-state index contributed by atoms with van der Waals surface area (Å²) in [5, 5.41) is 0. The summed E-state index contributed by atoms with van der Waals surface area (Å²) in [5.74, 6) is -0.767. The second-order valence-electron chi connectivity index (χ2n) is 5.86. The molecule has 0 bridgehead atoms. The molecule has 0 saturated heterocycles. The first-order valence-corrected chi connectivity index (χ1v) is 8.09. The van der Waals surface area contributed by atoms with E-state index in [1.807, 2.05) is 36.4 Å². The molecule has 0 heterocycles. The predicted molar refractivity (Wildman–Crippen MR) is 94.9 cm³/mol. The number of likely N-dealkylation sites (N-methyl/N-ethyl adjacent to an activating group) is 1. The van der Waals surface area contributed by atoms with Gasteiger partial charge in [0, 0.05) is 20.7 Å². The molecule has 25 heavy (non-hydrogen) atoms. The lowest BCUT2D eigenvalue weighted by Gasteiger charge is -2.21. The van der Waals surface area contributed by atoms with Gasteiger partial charge >= 0.3 is 5.97 Å². The minimum atomic E-state index is -0.854. The highest BCUT2D eigenvalue weighted by Gasteiger charge is 2.22. The van der Waals surface area contributed by atoms with E-state index in [4.69, 9.17) is 9.47 Å². The number of hydrogen-bond donors (Lipinski definition) is 0. The van der Waals surface area contributed by atoms with Crippen LogP contribution in [0.1, 0.15) is 28.4 Å². The molecule has 0 aliphatic carbocycles. The number of nitrogens with zero attached hydrogens (tertiary/aromatic N) is 1. The number of amides is 1. The topological polar surface area (TPSA) is 55.8 Å². The van der Waals surface area contributed by atoms with Crippen molar-refractivity contribution in [1.29, 1.82) is 0 Å². The van der Waals surface area contributed by atoms with Gasteiger partial charge in [-0.1, -0.05) is 42.5 Å². The summed E-state index contributed by atoms with van der Waals surface area (Å²) < 4.78 is 10.4. The van der Waals surface area contributed by atoms with Crippen LogP contribution in [0, 0.1) is 0 Å². The van der Waals surface area contributed by atoms with Gasteiger partial charge in [-0.3, -0.25) is 4.79 Å². The van der Waals surface area contributed by atoms with Crippen molar-refractivity contribution in [1.82, 2.24) is 4.90 Å². The Balaban J connectivity index is 1.95. The Hall–Kier alpha value is -2.66. The molecule has 0 fully saturated rings. The van der Waals surface area contributed by atoms with Crippen molar-refractivity contribution in [3.05, 3.63) is 71.3 Å². The maximum absolute atomic E-state index is 12.4. The molecule has 5 heteroatoms. The van der Waals surface area contributed by atoms with Crippen LogP contribution in [0.2, 0.25) is 0 Å². The van der Waals surface area contributed by atoms with Gasteiger partial charge < -0.3 is 14.4 Å². The first-order valence-electron chi connectivity index (χ1n) is 8.09. The minimum absolute atomic E-state index is 0.245. The summed E-state index contributed by atoms with van der Waals surface area (Å²) in [5.41, 5.74) is 2.29. The number of rotatable bonds is 7. The zero-order valence-electron chi connectivity index (χ0n) is 14.8. The Morgan fingerprint density at radius 3 is 2.40 bits per heavy atom. The molecule has 0 N–H and O–H groups in total. The summed E-state index contributed by atoms with van der Waals surface area (Å²) in [6.45, 7) is 2.46. The van der Waals surface area contributed by atoms with Gasteiger partial charge in [0.25, 0.3) is 5.91 Å². The van der Waals surface area contributed by atoms with Crippen molar-refractivity contribution < 1.29 is 19.1 Å². The zero-order valence-corrected chi connectivity index (χ0v) is 14.8. The van der Waals surface area contributed by atoms with Crippen molar-refractivity contribution in [2.45, 2.75) is 26.2 Å². The smallest absolute Gasteiger partial charge is 0.338 e. The SMILES string of the molecule is COCc1cccc(C(=O)OC(C)C(=O)N(C)Cc2ccccc2)c1. The third-order valence-electron chi connectivity index (χ3n) is 3.74. The fourth-order valence-corrected chi connectivity index (χ4v) is 2.48. The van der Waals surface area contributed by atoms with Gasteiger partial charge in [0.2, 0.25) is 0 Å². The lowest BCUT2D eigenvalue weighted by atomic mass is 10.1. The summed E-state index contributed by atoms with van der Waals surface area (Å²) in [4.78, 5) is 26.2. The number of ether oxygens (including phenoxy) is 2. The minimum Gasteiger partial charge on any atom is -0.449 e. The molecule has 0 aliphatic heterocycles. The van der Waals surface area contributed by atoms with Crippen molar-refractivity contribution in [2.75, 3.05) is 14.2 Å². The molecule has 0 spiro atoms. The molecule has 2 aromatic rings. The van der Waals surface area contributed by atoms with Gasteiger partial charge in [-0.15, -0.1) is 0 Å². The Labute approximate surface area is 148 Å². The third kappa shape index (κ3) is 5.43. The second-order valence-corrected chi connectivity index (χ2v) is 5.86. The molecule has 2 rings (SSSR count). The highest BCUT2D eigenvalue weighted by molar-refractivity contribution is 5.92. The van der Waals surface area contributed by atoms with Crippen LogP contribution in [-0.2, 0) is 27.4 Å². The lowest BCUT2D eigenvalue weighted by molar-refractivity contribution is -0.139. The highest BCUT2D eigenvalue weighted by Crippen LogP contribution is 2.11. The van der Waals surface area contributed by atoms with E-state index in [1.165, 1.54) is 0 Å². The number of hydrogen-bond acceptors (Lipinski definition) is 4. The third-order valence-corrected chi connectivity index (χ3v) is 3.74. The Morgan fingerprint density at radius 2 is 1.72 bits per heavy atom. The van der Waals surface area contributed by atoms with Crippen molar-refractivity contribution >= 4 is 11.9 Å². The Bertz CT molecular complexity index is 715. The molecule has 1 unspecified atom stereocenters. The number of benzene rings is 2. The fraction of sp³-hybridized carbons (Fsp3) is 0.300. The van der Waals surface area contributed by atoms with Crippen LogP contribution in [0.25, 0.3) is 0 Å². The molecule has 1 atom stereocenters. The predicted octanol–water partition coefficient (Wildman–Crippen LogP) is 3.04. The van der Waals surface area contributed by atoms with E-state index >= 15 is 0 Å². The van der Waals surface area contributed by atoms with Gasteiger partial charge in [0.1, 0.15) is 0 Å². The van der Waals surface area contributed by atoms with Gasteiger partial charge in [-0.2, -0.15) is 0 Å². The van der Waals surface area contributed by atoms with Crippen molar-refractivity contribution in [3.8, 4) is 0 Å². The van der Waals surface area contributed by atoms with E-state index in [0.29, 0.717) is 18.7 Å².